The fraction of sp³-hybridized carbons (Fsp3) is 0.333. The number of hydrogen-bond acceptors (Lipinski definition) is 6. The Morgan fingerprint density at radius 2 is 1.97 bits per heavy atom. The molecular weight excluding hydrogens is 396 g/mol. The van der Waals surface area contributed by atoms with Crippen LogP contribution in [0.1, 0.15) is 12.8 Å². The number of nitrogens with zero attached hydrogens (tertiary/aromatic N) is 3. The number of anilines is 1. The number of aliphatic hydroxyl groups excluding tert-OH is 1. The average molecular weight is 412 g/mol. The number of benzene rings is 1. The van der Waals surface area contributed by atoms with Gasteiger partial charge < -0.3 is 19.9 Å². The van der Waals surface area contributed by atoms with Gasteiger partial charge in [-0.2, -0.15) is 0 Å². The number of ether oxygens (including phenoxy) is 2. The number of methoxy groups -OCH3 is 1. The maximum absolute atomic E-state index is 14.5. The van der Waals surface area contributed by atoms with Crippen LogP contribution in [-0.4, -0.2) is 45.3 Å². The van der Waals surface area contributed by atoms with Crippen molar-refractivity contribution in [2.45, 2.75) is 31.3 Å². The Morgan fingerprint density at radius 1 is 1.21 bits per heavy atom. The fourth-order valence-electron chi connectivity index (χ4n) is 3.21. The lowest BCUT2D eigenvalue weighted by Crippen LogP contribution is -2.39. The van der Waals surface area contributed by atoms with Gasteiger partial charge in [-0.15, -0.1) is 23.4 Å². The van der Waals surface area contributed by atoms with Crippen LogP contribution in [0.25, 0.3) is 16.8 Å². The van der Waals surface area contributed by atoms with E-state index in [0.29, 0.717) is 12.8 Å². The number of nitrogens with one attached hydrogen (secondary N) is 1. The monoisotopic (exact) mass is 412 g/mol. The molecular formula is C18H16F4N4O3. The highest BCUT2D eigenvalue weighted by Crippen LogP contribution is 2.38. The minimum atomic E-state index is -4.96. The van der Waals surface area contributed by atoms with E-state index in [1.165, 1.54) is 29.8 Å². The highest BCUT2D eigenvalue weighted by Gasteiger charge is 2.33. The molecule has 4 rings (SSSR count). The average Bonchev–Trinajstić information content (AvgIpc) is 3.02. The van der Waals surface area contributed by atoms with Gasteiger partial charge in [-0.1, -0.05) is 0 Å². The third-order valence-corrected chi connectivity index (χ3v) is 4.65. The summed E-state index contributed by atoms with van der Waals surface area (Å²) in [4.78, 5) is 0. The van der Waals surface area contributed by atoms with Crippen molar-refractivity contribution in [1.82, 2.24) is 14.6 Å². The molecule has 2 aromatic heterocycles. The molecule has 0 saturated heterocycles. The van der Waals surface area contributed by atoms with Crippen molar-refractivity contribution >= 4 is 11.5 Å². The Morgan fingerprint density at radius 3 is 2.62 bits per heavy atom. The second kappa shape index (κ2) is 7.07. The first-order valence-electron chi connectivity index (χ1n) is 8.67. The number of alkyl halides is 3. The quantitative estimate of drug-likeness (QED) is 0.626. The van der Waals surface area contributed by atoms with E-state index in [1.807, 2.05) is 0 Å². The van der Waals surface area contributed by atoms with E-state index in [9.17, 15) is 22.7 Å². The first-order valence-corrected chi connectivity index (χ1v) is 8.67. The summed E-state index contributed by atoms with van der Waals surface area (Å²) in [5.41, 5.74) is -0.267. The molecule has 2 N–H and O–H groups in total. The highest BCUT2D eigenvalue weighted by molar-refractivity contribution is 5.82. The van der Waals surface area contributed by atoms with Crippen LogP contribution in [0, 0.1) is 5.82 Å². The van der Waals surface area contributed by atoms with Gasteiger partial charge in [-0.25, -0.2) is 4.39 Å². The zero-order valence-electron chi connectivity index (χ0n) is 15.1. The molecule has 1 aliphatic carbocycles. The molecule has 1 saturated carbocycles. The van der Waals surface area contributed by atoms with Crippen LogP contribution in [0.2, 0.25) is 0 Å². The molecule has 1 aliphatic rings. The maximum Gasteiger partial charge on any atom is 0.573 e. The zero-order chi connectivity index (χ0) is 20.8. The molecule has 2 heterocycles. The third-order valence-electron chi connectivity index (χ3n) is 4.65. The largest absolute Gasteiger partial charge is 0.573 e. The van der Waals surface area contributed by atoms with Crippen LogP contribution < -0.4 is 14.8 Å². The van der Waals surface area contributed by atoms with Crippen molar-refractivity contribution < 1.29 is 32.1 Å². The first-order chi connectivity index (χ1) is 13.7. The van der Waals surface area contributed by atoms with Crippen LogP contribution >= 0.6 is 0 Å². The van der Waals surface area contributed by atoms with Crippen molar-refractivity contribution in [2.24, 2.45) is 0 Å². The fourth-order valence-corrected chi connectivity index (χ4v) is 3.21. The summed E-state index contributed by atoms with van der Waals surface area (Å²) in [6.45, 7) is 0. The van der Waals surface area contributed by atoms with Crippen LogP contribution in [0.3, 0.4) is 0 Å². The van der Waals surface area contributed by atoms with E-state index >= 15 is 0 Å². The predicted octanol–water partition coefficient (Wildman–Crippen LogP) is 3.38. The van der Waals surface area contributed by atoms with Gasteiger partial charge in [-0.05, 0) is 31.0 Å². The van der Waals surface area contributed by atoms with Gasteiger partial charge in [0, 0.05) is 23.9 Å². The van der Waals surface area contributed by atoms with Gasteiger partial charge in [-0.3, -0.25) is 4.40 Å². The summed E-state index contributed by atoms with van der Waals surface area (Å²) >= 11 is 0. The molecule has 29 heavy (non-hydrogen) atoms. The van der Waals surface area contributed by atoms with Crippen molar-refractivity contribution in [3.8, 4) is 22.8 Å². The molecule has 0 radical (unpaired) electrons. The number of hydrogen-bond donors (Lipinski definition) is 2. The van der Waals surface area contributed by atoms with Gasteiger partial charge in [0.15, 0.2) is 5.82 Å². The lowest BCUT2D eigenvalue weighted by atomic mass is 9.90. The molecule has 1 aromatic carbocycles. The number of fused-ring (bicyclic) bond motifs is 1. The molecule has 0 aliphatic heterocycles. The molecule has 0 bridgehead atoms. The minimum Gasteiger partial charge on any atom is -0.497 e. The number of rotatable bonds is 5. The molecule has 0 unspecified atom stereocenters. The number of aliphatic hydroxyl groups is 1. The normalized spacial score (nSPS) is 19.1. The van der Waals surface area contributed by atoms with Crippen LogP contribution in [-0.2, 0) is 0 Å². The molecule has 0 amide bonds. The lowest BCUT2D eigenvalue weighted by Gasteiger charge is -2.32. The van der Waals surface area contributed by atoms with Gasteiger partial charge in [0.25, 0.3) is 0 Å². The molecule has 0 spiro atoms. The Labute approximate surface area is 161 Å². The van der Waals surface area contributed by atoms with Gasteiger partial charge in [0.2, 0.25) is 5.95 Å². The highest BCUT2D eigenvalue weighted by atomic mass is 19.4. The summed E-state index contributed by atoms with van der Waals surface area (Å²) in [5.74, 6) is -0.914. The van der Waals surface area contributed by atoms with E-state index in [0.717, 1.165) is 12.1 Å². The summed E-state index contributed by atoms with van der Waals surface area (Å²) in [7, 11) is 1.30. The smallest absolute Gasteiger partial charge is 0.497 e. The van der Waals surface area contributed by atoms with E-state index in [2.05, 4.69) is 20.3 Å². The maximum atomic E-state index is 14.5. The molecule has 1 fully saturated rings. The van der Waals surface area contributed by atoms with Crippen LogP contribution in [0.15, 0.2) is 30.5 Å². The predicted molar refractivity (Wildman–Crippen MR) is 94.3 cm³/mol. The number of halogens is 4. The second-order valence-electron chi connectivity index (χ2n) is 6.63. The summed E-state index contributed by atoms with van der Waals surface area (Å²) in [6, 6.07) is 4.87. The summed E-state index contributed by atoms with van der Waals surface area (Å²) in [6.07, 6.45) is -2.95. The van der Waals surface area contributed by atoms with Crippen molar-refractivity contribution in [3.05, 3.63) is 36.3 Å². The van der Waals surface area contributed by atoms with Crippen LogP contribution in [0.5, 0.6) is 11.5 Å². The van der Waals surface area contributed by atoms with Crippen molar-refractivity contribution in [1.29, 1.82) is 0 Å². The van der Waals surface area contributed by atoms with E-state index in [1.54, 1.807) is 0 Å². The van der Waals surface area contributed by atoms with Gasteiger partial charge in [0.1, 0.15) is 22.7 Å². The summed E-state index contributed by atoms with van der Waals surface area (Å²) in [5, 5.41) is 20.4. The summed E-state index contributed by atoms with van der Waals surface area (Å²) < 4.78 is 63.6. The SMILES string of the molecule is COc1ccc(-c2nnc(NC3CC(O)C3)n3ccc(F)c23)c(OC(F)(F)F)c1. The Kier molecular flexibility index (Phi) is 4.69. The molecule has 0 atom stereocenters. The van der Waals surface area contributed by atoms with Crippen molar-refractivity contribution in [2.75, 3.05) is 12.4 Å². The Balaban J connectivity index is 1.81. The van der Waals surface area contributed by atoms with E-state index < -0.39 is 24.0 Å². The second-order valence-corrected chi connectivity index (χ2v) is 6.63. The lowest BCUT2D eigenvalue weighted by molar-refractivity contribution is -0.274. The molecule has 11 heteroatoms. The van der Waals surface area contributed by atoms with Crippen molar-refractivity contribution in [3.63, 3.8) is 0 Å². The molecule has 7 nitrogen and oxygen atoms in total. The van der Waals surface area contributed by atoms with E-state index in [4.69, 9.17) is 4.74 Å². The zero-order valence-corrected chi connectivity index (χ0v) is 15.1. The topological polar surface area (TPSA) is 80.9 Å². The van der Waals surface area contributed by atoms with Crippen LogP contribution in [0.4, 0.5) is 23.5 Å². The Bertz CT molecular complexity index is 1050. The number of aromatic nitrogens is 3. The minimum absolute atomic E-state index is 0.0519. The molecule has 154 valence electrons. The Hall–Kier alpha value is -3.08. The standard InChI is InChI=1S/C18H16F4N4O3/c1-28-11-2-3-12(14(8-11)29-18(20,21)22)15-16-13(19)4-5-26(16)17(25-24-15)23-9-6-10(27)7-9/h2-5,8-10,27H,6-7H2,1H3,(H,23,25). The van der Waals surface area contributed by atoms with Gasteiger partial charge >= 0.3 is 6.36 Å². The third kappa shape index (κ3) is 3.77. The van der Waals surface area contributed by atoms with Gasteiger partial charge in [0.05, 0.1) is 13.2 Å². The molecule has 3 aromatic rings. The first kappa shape index (κ1) is 19.2. The van der Waals surface area contributed by atoms with E-state index in [-0.39, 0.29) is 34.5 Å².